The molecule has 0 spiro atoms. The molecule has 2 rings (SSSR count). The second-order valence-corrected chi connectivity index (χ2v) is 4.22. The van der Waals surface area contributed by atoms with Crippen molar-refractivity contribution in [3.8, 4) is 11.3 Å². The van der Waals surface area contributed by atoms with E-state index in [1.807, 2.05) is 24.3 Å². The molecule has 4 heteroatoms. The molecule has 0 bridgehead atoms. The molecule has 14 heavy (non-hydrogen) atoms. The molecule has 0 radical (unpaired) electrons. The summed E-state index contributed by atoms with van der Waals surface area (Å²) in [5, 5.41) is 0. The lowest BCUT2D eigenvalue weighted by Crippen LogP contribution is -1.86. The van der Waals surface area contributed by atoms with Crippen LogP contribution >= 0.6 is 31.9 Å². The second-order valence-electron chi connectivity index (χ2n) is 2.68. The minimum atomic E-state index is 0.792. The Bertz CT molecular complexity index is 443. The van der Waals surface area contributed by atoms with Crippen molar-refractivity contribution < 1.29 is 0 Å². The lowest BCUT2D eigenvalue weighted by atomic mass is 10.2. The fraction of sp³-hybridized carbons (Fsp3) is 0. The fourth-order valence-corrected chi connectivity index (χ4v) is 1.91. The summed E-state index contributed by atoms with van der Waals surface area (Å²) < 4.78 is 1.72. The number of hydrogen-bond donors (Lipinski definition) is 0. The highest BCUT2D eigenvalue weighted by Crippen LogP contribution is 2.30. The molecular formula is C10H6Br2N2. The zero-order valence-corrected chi connectivity index (χ0v) is 10.3. The van der Waals surface area contributed by atoms with Crippen LogP contribution in [-0.2, 0) is 0 Å². The van der Waals surface area contributed by atoms with Gasteiger partial charge in [0, 0.05) is 18.0 Å². The standard InChI is InChI=1S/C10H6Br2N2/c11-9-7(4-6-14-10(9)12)8-3-1-2-5-13-8/h1-6H. The first-order valence-electron chi connectivity index (χ1n) is 4.00. The van der Waals surface area contributed by atoms with Gasteiger partial charge in [0.2, 0.25) is 0 Å². The van der Waals surface area contributed by atoms with Crippen LogP contribution in [0.3, 0.4) is 0 Å². The molecule has 0 aliphatic heterocycles. The van der Waals surface area contributed by atoms with Gasteiger partial charge in [0.1, 0.15) is 4.60 Å². The molecule has 0 saturated heterocycles. The SMILES string of the molecule is Brc1nccc(-c2ccccn2)c1Br. The minimum absolute atomic E-state index is 0.792. The van der Waals surface area contributed by atoms with Gasteiger partial charge in [-0.15, -0.1) is 0 Å². The first kappa shape index (κ1) is 9.80. The topological polar surface area (TPSA) is 25.8 Å². The summed E-state index contributed by atoms with van der Waals surface area (Å²) in [4.78, 5) is 8.38. The Hall–Kier alpha value is -0.740. The number of hydrogen-bond acceptors (Lipinski definition) is 2. The van der Waals surface area contributed by atoms with E-state index in [0.717, 1.165) is 20.3 Å². The van der Waals surface area contributed by atoms with Gasteiger partial charge in [-0.25, -0.2) is 4.98 Å². The third-order valence-electron chi connectivity index (χ3n) is 1.79. The van der Waals surface area contributed by atoms with E-state index in [9.17, 15) is 0 Å². The lowest BCUT2D eigenvalue weighted by Gasteiger charge is -2.03. The van der Waals surface area contributed by atoms with Gasteiger partial charge in [-0.2, -0.15) is 0 Å². The molecule has 0 unspecified atom stereocenters. The Morgan fingerprint density at radius 2 is 1.79 bits per heavy atom. The zero-order valence-electron chi connectivity index (χ0n) is 7.11. The van der Waals surface area contributed by atoms with Crippen LogP contribution in [0.5, 0.6) is 0 Å². The Morgan fingerprint density at radius 3 is 2.50 bits per heavy atom. The Kier molecular flexibility index (Phi) is 2.93. The number of aromatic nitrogens is 2. The normalized spacial score (nSPS) is 10.1. The van der Waals surface area contributed by atoms with Crippen molar-refractivity contribution in [2.24, 2.45) is 0 Å². The summed E-state index contributed by atoms with van der Waals surface area (Å²) in [6.45, 7) is 0. The van der Waals surface area contributed by atoms with E-state index < -0.39 is 0 Å². The molecule has 0 saturated carbocycles. The van der Waals surface area contributed by atoms with Crippen LogP contribution in [0.1, 0.15) is 0 Å². The van der Waals surface area contributed by atoms with Crippen LogP contribution in [0, 0.1) is 0 Å². The largest absolute Gasteiger partial charge is 0.256 e. The quantitative estimate of drug-likeness (QED) is 0.751. The third kappa shape index (κ3) is 1.86. The predicted molar refractivity (Wildman–Crippen MR) is 62.9 cm³/mol. The molecule has 0 aromatic carbocycles. The highest BCUT2D eigenvalue weighted by Gasteiger charge is 2.06. The summed E-state index contributed by atoms with van der Waals surface area (Å²) >= 11 is 6.83. The number of rotatable bonds is 1. The van der Waals surface area contributed by atoms with Gasteiger partial charge in [0.25, 0.3) is 0 Å². The van der Waals surface area contributed by atoms with E-state index in [1.165, 1.54) is 0 Å². The van der Waals surface area contributed by atoms with Crippen LogP contribution in [-0.4, -0.2) is 9.97 Å². The number of pyridine rings is 2. The average Bonchev–Trinajstić information content (AvgIpc) is 2.23. The molecule has 2 aromatic rings. The predicted octanol–water partition coefficient (Wildman–Crippen LogP) is 3.67. The first-order chi connectivity index (χ1) is 6.79. The molecule has 2 aromatic heterocycles. The third-order valence-corrected chi connectivity index (χ3v) is 3.72. The van der Waals surface area contributed by atoms with Crippen molar-refractivity contribution >= 4 is 31.9 Å². The molecule has 0 aliphatic carbocycles. The average molecular weight is 314 g/mol. The van der Waals surface area contributed by atoms with Crippen molar-refractivity contribution in [2.75, 3.05) is 0 Å². The Labute approximate surface area is 98.7 Å². The summed E-state index contributed by atoms with van der Waals surface area (Å²) in [6.07, 6.45) is 3.52. The van der Waals surface area contributed by atoms with E-state index in [1.54, 1.807) is 12.4 Å². The molecule has 0 N–H and O–H groups in total. The zero-order chi connectivity index (χ0) is 9.97. The summed E-state index contributed by atoms with van der Waals surface area (Å²) in [5.41, 5.74) is 1.97. The maximum atomic E-state index is 4.27. The summed E-state index contributed by atoms with van der Waals surface area (Å²) in [5.74, 6) is 0. The Morgan fingerprint density at radius 1 is 0.929 bits per heavy atom. The van der Waals surface area contributed by atoms with Gasteiger partial charge >= 0.3 is 0 Å². The van der Waals surface area contributed by atoms with Crippen LogP contribution < -0.4 is 0 Å². The fourth-order valence-electron chi connectivity index (χ4n) is 1.14. The second kappa shape index (κ2) is 4.19. The number of halogens is 2. The van der Waals surface area contributed by atoms with Crippen LogP contribution in [0.15, 0.2) is 45.7 Å². The van der Waals surface area contributed by atoms with E-state index in [4.69, 9.17) is 0 Å². The highest BCUT2D eigenvalue weighted by atomic mass is 79.9. The molecule has 0 fully saturated rings. The van der Waals surface area contributed by atoms with E-state index in [0.29, 0.717) is 0 Å². The van der Waals surface area contributed by atoms with E-state index in [-0.39, 0.29) is 0 Å². The van der Waals surface area contributed by atoms with Crippen molar-refractivity contribution in [3.63, 3.8) is 0 Å². The van der Waals surface area contributed by atoms with Crippen LogP contribution in [0.4, 0.5) is 0 Å². The van der Waals surface area contributed by atoms with Crippen LogP contribution in [0.25, 0.3) is 11.3 Å². The van der Waals surface area contributed by atoms with E-state index >= 15 is 0 Å². The molecule has 0 atom stereocenters. The Balaban J connectivity index is 2.58. The maximum absolute atomic E-state index is 4.27. The molecule has 0 aliphatic rings. The number of nitrogens with zero attached hydrogens (tertiary/aromatic N) is 2. The van der Waals surface area contributed by atoms with E-state index in [2.05, 4.69) is 41.8 Å². The molecule has 2 heterocycles. The highest BCUT2D eigenvalue weighted by molar-refractivity contribution is 9.13. The molecule has 2 nitrogen and oxygen atoms in total. The summed E-state index contributed by atoms with van der Waals surface area (Å²) in [6, 6.07) is 7.75. The smallest absolute Gasteiger partial charge is 0.120 e. The van der Waals surface area contributed by atoms with Gasteiger partial charge in [-0.1, -0.05) is 6.07 Å². The lowest BCUT2D eigenvalue weighted by molar-refractivity contribution is 1.24. The maximum Gasteiger partial charge on any atom is 0.120 e. The molecule has 0 amide bonds. The summed E-state index contributed by atoms with van der Waals surface area (Å²) in [7, 11) is 0. The van der Waals surface area contributed by atoms with Gasteiger partial charge in [0.15, 0.2) is 0 Å². The van der Waals surface area contributed by atoms with Gasteiger partial charge in [0.05, 0.1) is 10.2 Å². The molecular weight excluding hydrogens is 308 g/mol. The van der Waals surface area contributed by atoms with Crippen LogP contribution in [0.2, 0.25) is 0 Å². The van der Waals surface area contributed by atoms with Crippen molar-refractivity contribution in [1.29, 1.82) is 0 Å². The van der Waals surface area contributed by atoms with Gasteiger partial charge in [-0.05, 0) is 50.1 Å². The van der Waals surface area contributed by atoms with Crippen molar-refractivity contribution in [2.45, 2.75) is 0 Å². The van der Waals surface area contributed by atoms with Gasteiger partial charge < -0.3 is 0 Å². The first-order valence-corrected chi connectivity index (χ1v) is 5.59. The molecule has 70 valence electrons. The van der Waals surface area contributed by atoms with Crippen molar-refractivity contribution in [1.82, 2.24) is 9.97 Å². The monoisotopic (exact) mass is 312 g/mol. The van der Waals surface area contributed by atoms with Gasteiger partial charge in [-0.3, -0.25) is 4.98 Å². The minimum Gasteiger partial charge on any atom is -0.256 e. The van der Waals surface area contributed by atoms with Crippen molar-refractivity contribution in [3.05, 3.63) is 45.7 Å².